The maximum Gasteiger partial charge on any atom is 0.311 e. The average Bonchev–Trinajstić information content (AvgIpc) is 3.19. The van der Waals surface area contributed by atoms with Crippen LogP contribution in [-0.2, 0) is 40.0 Å². The highest BCUT2D eigenvalue weighted by atomic mass is 16.6. The average molecular weight is 775 g/mol. The van der Waals surface area contributed by atoms with E-state index in [9.17, 15) is 24.3 Å². The number of unbranched alkanes of at least 4 members (excludes halogenated alkanes) is 24. The van der Waals surface area contributed by atoms with E-state index < -0.39 is 18.0 Å². The first kappa shape index (κ1) is 50.1. The second kappa shape index (κ2) is 36.7. The Kier molecular flexibility index (Phi) is 33.4. The van der Waals surface area contributed by atoms with Gasteiger partial charge in [-0.25, -0.2) is 0 Å². The molecule has 9 nitrogen and oxygen atoms in total. The Labute approximate surface area is 334 Å². The number of benzene rings is 1. The lowest BCUT2D eigenvalue weighted by molar-refractivity contribution is -0.167. The van der Waals surface area contributed by atoms with E-state index in [-0.39, 0.29) is 57.4 Å². The Morgan fingerprint density at radius 2 is 0.800 bits per heavy atom. The van der Waals surface area contributed by atoms with Gasteiger partial charge in [-0.05, 0) is 30.5 Å². The van der Waals surface area contributed by atoms with Crippen LogP contribution in [0.25, 0.3) is 0 Å². The number of rotatable bonds is 38. The summed E-state index contributed by atoms with van der Waals surface area (Å²) in [6.07, 6.45) is 30.8. The SMILES string of the molecule is CCCCCCCCCCCCCCCC(=O)OCC(COC(=O)CCCCCCCCCCCCCCC)OC(=O)CCC(=O)Oc1ccc(CO)cc1. The van der Waals surface area contributed by atoms with E-state index in [0.29, 0.717) is 11.3 Å². The summed E-state index contributed by atoms with van der Waals surface area (Å²) < 4.78 is 21.6. The molecular formula is C46H78O9. The second-order valence-corrected chi connectivity index (χ2v) is 15.2. The molecule has 316 valence electrons. The molecule has 0 aliphatic carbocycles. The summed E-state index contributed by atoms with van der Waals surface area (Å²) >= 11 is 0. The van der Waals surface area contributed by atoms with Crippen LogP contribution in [0.5, 0.6) is 5.75 Å². The number of aliphatic hydroxyl groups is 1. The van der Waals surface area contributed by atoms with Gasteiger partial charge in [-0.2, -0.15) is 0 Å². The smallest absolute Gasteiger partial charge is 0.311 e. The molecule has 0 spiro atoms. The number of hydrogen-bond acceptors (Lipinski definition) is 9. The number of carbonyl (C=O) groups excluding carboxylic acids is 4. The first-order valence-electron chi connectivity index (χ1n) is 22.3. The third-order valence-corrected chi connectivity index (χ3v) is 10.00. The molecule has 0 aliphatic heterocycles. The highest BCUT2D eigenvalue weighted by molar-refractivity contribution is 5.79. The normalized spacial score (nSPS) is 11.1. The zero-order valence-electron chi connectivity index (χ0n) is 34.9. The Morgan fingerprint density at radius 3 is 1.16 bits per heavy atom. The lowest BCUT2D eigenvalue weighted by Gasteiger charge is -2.18. The molecule has 0 fully saturated rings. The molecule has 0 saturated heterocycles. The van der Waals surface area contributed by atoms with Crippen molar-refractivity contribution in [3.8, 4) is 5.75 Å². The molecule has 1 N–H and O–H groups in total. The lowest BCUT2D eigenvalue weighted by atomic mass is 10.0. The number of carbonyl (C=O) groups is 4. The summed E-state index contributed by atoms with van der Waals surface area (Å²) in [7, 11) is 0. The van der Waals surface area contributed by atoms with Gasteiger partial charge in [0.2, 0.25) is 0 Å². The molecule has 0 radical (unpaired) electrons. The van der Waals surface area contributed by atoms with E-state index in [4.69, 9.17) is 18.9 Å². The van der Waals surface area contributed by atoms with E-state index >= 15 is 0 Å². The summed E-state index contributed by atoms with van der Waals surface area (Å²) in [5, 5.41) is 9.18. The number of esters is 4. The van der Waals surface area contributed by atoms with Crippen molar-refractivity contribution < 1.29 is 43.2 Å². The van der Waals surface area contributed by atoms with Crippen LogP contribution in [-0.4, -0.2) is 48.3 Å². The third kappa shape index (κ3) is 31.9. The monoisotopic (exact) mass is 775 g/mol. The maximum atomic E-state index is 12.7. The fourth-order valence-electron chi connectivity index (χ4n) is 6.50. The molecule has 1 rings (SSSR count). The van der Waals surface area contributed by atoms with Gasteiger partial charge in [0.25, 0.3) is 0 Å². The van der Waals surface area contributed by atoms with Gasteiger partial charge in [0, 0.05) is 12.8 Å². The van der Waals surface area contributed by atoms with E-state index in [1.165, 1.54) is 128 Å². The topological polar surface area (TPSA) is 125 Å². The molecule has 9 heteroatoms. The van der Waals surface area contributed by atoms with E-state index in [1.807, 2.05) is 0 Å². The van der Waals surface area contributed by atoms with Crippen molar-refractivity contribution in [2.45, 2.75) is 219 Å². The predicted octanol–water partition coefficient (Wildman–Crippen LogP) is 11.8. The van der Waals surface area contributed by atoms with Gasteiger partial charge in [-0.3, -0.25) is 19.2 Å². The van der Waals surface area contributed by atoms with Crippen molar-refractivity contribution in [1.29, 1.82) is 0 Å². The minimum Gasteiger partial charge on any atom is -0.462 e. The molecule has 1 aromatic carbocycles. The minimum atomic E-state index is -0.972. The van der Waals surface area contributed by atoms with Crippen molar-refractivity contribution in [1.82, 2.24) is 0 Å². The fraction of sp³-hybridized carbons (Fsp3) is 0.783. The number of hydrogen-bond donors (Lipinski definition) is 1. The maximum absolute atomic E-state index is 12.7. The summed E-state index contributed by atoms with van der Waals surface area (Å²) in [6.45, 7) is 3.92. The minimum absolute atomic E-state index is 0.120. The van der Waals surface area contributed by atoms with Gasteiger partial charge in [0.05, 0.1) is 19.4 Å². The number of ether oxygens (including phenoxy) is 4. The van der Waals surface area contributed by atoms with Gasteiger partial charge in [-0.15, -0.1) is 0 Å². The Hall–Kier alpha value is -2.94. The Bertz CT molecular complexity index is 1040. The van der Waals surface area contributed by atoms with Crippen LogP contribution < -0.4 is 4.74 Å². The van der Waals surface area contributed by atoms with Crippen LogP contribution >= 0.6 is 0 Å². The van der Waals surface area contributed by atoms with Gasteiger partial charge in [0.15, 0.2) is 6.10 Å². The zero-order chi connectivity index (χ0) is 40.0. The van der Waals surface area contributed by atoms with Crippen LogP contribution in [0, 0.1) is 0 Å². The molecule has 0 atom stereocenters. The quantitative estimate of drug-likeness (QED) is 0.0302. The molecule has 0 amide bonds. The summed E-state index contributed by atoms with van der Waals surface area (Å²) in [6, 6.07) is 6.41. The van der Waals surface area contributed by atoms with Gasteiger partial charge in [-0.1, -0.05) is 180 Å². The largest absolute Gasteiger partial charge is 0.462 e. The van der Waals surface area contributed by atoms with Crippen molar-refractivity contribution in [2.24, 2.45) is 0 Å². The zero-order valence-corrected chi connectivity index (χ0v) is 34.9. The lowest BCUT2D eigenvalue weighted by Crippen LogP contribution is -2.31. The van der Waals surface area contributed by atoms with Crippen molar-refractivity contribution in [2.75, 3.05) is 13.2 Å². The highest BCUT2D eigenvalue weighted by Crippen LogP contribution is 2.16. The molecule has 55 heavy (non-hydrogen) atoms. The van der Waals surface area contributed by atoms with Crippen LogP contribution in [0.3, 0.4) is 0 Å². The van der Waals surface area contributed by atoms with Crippen LogP contribution in [0.1, 0.15) is 212 Å². The van der Waals surface area contributed by atoms with Crippen molar-refractivity contribution in [3.05, 3.63) is 29.8 Å². The molecular weight excluding hydrogens is 696 g/mol. The first-order valence-corrected chi connectivity index (χ1v) is 22.3. The second-order valence-electron chi connectivity index (χ2n) is 15.2. The van der Waals surface area contributed by atoms with E-state index in [2.05, 4.69) is 13.8 Å². The van der Waals surface area contributed by atoms with Crippen LogP contribution in [0.2, 0.25) is 0 Å². The Balaban J connectivity index is 2.36. The molecule has 0 aromatic heterocycles. The third-order valence-electron chi connectivity index (χ3n) is 10.00. The fourth-order valence-corrected chi connectivity index (χ4v) is 6.50. The molecule has 0 bridgehead atoms. The van der Waals surface area contributed by atoms with Crippen molar-refractivity contribution >= 4 is 23.9 Å². The molecule has 0 unspecified atom stereocenters. The molecule has 0 aliphatic rings. The van der Waals surface area contributed by atoms with Crippen molar-refractivity contribution in [3.63, 3.8) is 0 Å². The first-order chi connectivity index (χ1) is 26.9. The van der Waals surface area contributed by atoms with E-state index in [0.717, 1.165) is 38.5 Å². The van der Waals surface area contributed by atoms with E-state index in [1.54, 1.807) is 24.3 Å². The van der Waals surface area contributed by atoms with Gasteiger partial charge >= 0.3 is 23.9 Å². The highest BCUT2D eigenvalue weighted by Gasteiger charge is 2.21. The molecule has 1 aromatic rings. The summed E-state index contributed by atoms with van der Waals surface area (Å²) in [4.78, 5) is 50.0. The molecule has 0 heterocycles. The van der Waals surface area contributed by atoms with Gasteiger partial charge < -0.3 is 24.1 Å². The predicted molar refractivity (Wildman–Crippen MR) is 220 cm³/mol. The van der Waals surface area contributed by atoms with Crippen LogP contribution in [0.4, 0.5) is 0 Å². The standard InChI is InChI=1S/C46H78O9/c1-3-5-7-9-11-13-15-17-19-21-23-25-27-29-43(48)52-38-42(55-46(51)36-35-45(50)54-41-33-31-40(37-47)32-34-41)39-53-44(49)30-28-26-24-22-20-18-16-14-12-10-8-6-4-2/h31-34,42,47H,3-30,35-39H2,1-2H3. The molecule has 0 saturated carbocycles. The summed E-state index contributed by atoms with van der Waals surface area (Å²) in [5.41, 5.74) is 0.685. The van der Waals surface area contributed by atoms with Gasteiger partial charge in [0.1, 0.15) is 19.0 Å². The van der Waals surface area contributed by atoms with Crippen LogP contribution in [0.15, 0.2) is 24.3 Å². The summed E-state index contributed by atoms with van der Waals surface area (Å²) in [5.74, 6) is -1.74. The number of aliphatic hydroxyl groups excluding tert-OH is 1. The Morgan fingerprint density at radius 1 is 0.455 bits per heavy atom.